The van der Waals surface area contributed by atoms with Crippen molar-refractivity contribution in [3.63, 3.8) is 0 Å². The molecule has 30 heavy (non-hydrogen) atoms. The zero-order valence-corrected chi connectivity index (χ0v) is 17.8. The van der Waals surface area contributed by atoms with Crippen LogP contribution >= 0.6 is 12.6 Å². The smallest absolute Gasteiger partial charge is 0.266 e. The third kappa shape index (κ3) is 3.49. The van der Waals surface area contributed by atoms with Crippen LogP contribution in [0.3, 0.4) is 0 Å². The summed E-state index contributed by atoms with van der Waals surface area (Å²) in [7, 11) is 0. The van der Waals surface area contributed by atoms with Crippen molar-refractivity contribution in [2.24, 2.45) is 0 Å². The fourth-order valence-corrected chi connectivity index (χ4v) is 3.98. The van der Waals surface area contributed by atoms with Gasteiger partial charge in [-0.3, -0.25) is 4.79 Å². The van der Waals surface area contributed by atoms with Crippen LogP contribution in [0.1, 0.15) is 28.6 Å². The van der Waals surface area contributed by atoms with Crippen molar-refractivity contribution in [2.45, 2.75) is 26.9 Å². The third-order valence-corrected chi connectivity index (χ3v) is 5.60. The topological polar surface area (TPSA) is 69.3 Å². The Balaban J connectivity index is 1.81. The Labute approximate surface area is 181 Å². The SMILES string of the molecule is Cc1ccc(-c2ccc(C3NC(=O)C(C#N)=C(S)N3c3ccc(C)cc3C)o2)cc1. The van der Waals surface area contributed by atoms with E-state index in [-0.39, 0.29) is 5.57 Å². The van der Waals surface area contributed by atoms with Crippen LogP contribution in [0.15, 0.2) is 69.6 Å². The van der Waals surface area contributed by atoms with Gasteiger partial charge in [0.2, 0.25) is 0 Å². The van der Waals surface area contributed by atoms with Crippen molar-refractivity contribution in [1.29, 1.82) is 5.26 Å². The van der Waals surface area contributed by atoms with Crippen molar-refractivity contribution in [3.8, 4) is 17.4 Å². The number of carbonyl (C=O) groups is 1. The molecule has 6 heteroatoms. The molecule has 150 valence electrons. The summed E-state index contributed by atoms with van der Waals surface area (Å²) in [5.74, 6) is 0.792. The molecule has 0 bridgehead atoms. The lowest BCUT2D eigenvalue weighted by Crippen LogP contribution is -2.46. The first kappa shape index (κ1) is 19.9. The fourth-order valence-electron chi connectivity index (χ4n) is 3.61. The average molecular weight is 416 g/mol. The van der Waals surface area contributed by atoms with Crippen LogP contribution in [0.25, 0.3) is 11.3 Å². The van der Waals surface area contributed by atoms with E-state index in [1.807, 2.05) is 80.3 Å². The minimum Gasteiger partial charge on any atom is -0.457 e. The number of hydrogen-bond donors (Lipinski definition) is 2. The predicted molar refractivity (Wildman–Crippen MR) is 120 cm³/mol. The monoisotopic (exact) mass is 415 g/mol. The maximum Gasteiger partial charge on any atom is 0.266 e. The van der Waals surface area contributed by atoms with Gasteiger partial charge in [0.05, 0.1) is 5.03 Å². The summed E-state index contributed by atoms with van der Waals surface area (Å²) in [6, 6.07) is 19.7. The zero-order chi connectivity index (χ0) is 21.4. The lowest BCUT2D eigenvalue weighted by molar-refractivity contribution is -0.118. The molecule has 0 radical (unpaired) electrons. The van der Waals surface area contributed by atoms with Crippen molar-refractivity contribution in [3.05, 3.63) is 87.7 Å². The van der Waals surface area contributed by atoms with E-state index in [0.29, 0.717) is 16.5 Å². The van der Waals surface area contributed by atoms with E-state index in [1.165, 1.54) is 5.56 Å². The first-order valence-electron chi connectivity index (χ1n) is 9.56. The van der Waals surface area contributed by atoms with Gasteiger partial charge in [0.25, 0.3) is 5.91 Å². The predicted octanol–water partition coefficient (Wildman–Crippen LogP) is 5.17. The quantitative estimate of drug-likeness (QED) is 0.579. The van der Waals surface area contributed by atoms with Gasteiger partial charge in [-0.15, -0.1) is 12.6 Å². The number of thiol groups is 1. The van der Waals surface area contributed by atoms with Crippen LogP contribution in [0.5, 0.6) is 0 Å². The number of anilines is 1. The van der Waals surface area contributed by atoms with Crippen LogP contribution in [-0.2, 0) is 4.79 Å². The number of nitrogens with zero attached hydrogens (tertiary/aromatic N) is 2. The number of furan rings is 1. The highest BCUT2D eigenvalue weighted by Gasteiger charge is 2.36. The van der Waals surface area contributed by atoms with Crippen molar-refractivity contribution in [2.75, 3.05) is 4.90 Å². The number of benzene rings is 2. The second-order valence-electron chi connectivity index (χ2n) is 7.41. The van der Waals surface area contributed by atoms with E-state index < -0.39 is 12.1 Å². The molecule has 0 fully saturated rings. The molecule has 0 aliphatic carbocycles. The van der Waals surface area contributed by atoms with Crippen LogP contribution in [-0.4, -0.2) is 5.91 Å². The molecule has 1 atom stereocenters. The molecule has 4 rings (SSSR count). The summed E-state index contributed by atoms with van der Waals surface area (Å²) < 4.78 is 6.13. The van der Waals surface area contributed by atoms with Gasteiger partial charge in [0.15, 0.2) is 6.17 Å². The molecule has 0 spiro atoms. The summed E-state index contributed by atoms with van der Waals surface area (Å²) >= 11 is 4.55. The molecule has 1 aliphatic rings. The molecule has 5 nitrogen and oxygen atoms in total. The molecule has 1 amide bonds. The molecule has 1 N–H and O–H groups in total. The maximum absolute atomic E-state index is 12.5. The molecule has 0 saturated heterocycles. The van der Waals surface area contributed by atoms with Gasteiger partial charge in [-0.1, -0.05) is 47.5 Å². The number of nitriles is 1. The molecule has 1 aliphatic heterocycles. The summed E-state index contributed by atoms with van der Waals surface area (Å²) in [4.78, 5) is 14.4. The molecular weight excluding hydrogens is 394 g/mol. The van der Waals surface area contributed by atoms with E-state index in [9.17, 15) is 10.1 Å². The third-order valence-electron chi connectivity index (χ3n) is 5.16. The highest BCUT2D eigenvalue weighted by Crippen LogP contribution is 2.39. The van der Waals surface area contributed by atoms with E-state index in [0.717, 1.165) is 22.4 Å². The van der Waals surface area contributed by atoms with Crippen LogP contribution in [0.2, 0.25) is 0 Å². The average Bonchev–Trinajstić information content (AvgIpc) is 3.19. The van der Waals surface area contributed by atoms with Crippen molar-refractivity contribution in [1.82, 2.24) is 5.32 Å². The molecule has 2 heterocycles. The molecule has 0 saturated carbocycles. The minimum absolute atomic E-state index is 0.0279. The Morgan fingerprint density at radius 2 is 1.73 bits per heavy atom. The van der Waals surface area contributed by atoms with Gasteiger partial charge in [-0.2, -0.15) is 5.26 Å². The summed E-state index contributed by atoms with van der Waals surface area (Å²) in [5.41, 5.74) is 5.06. The van der Waals surface area contributed by atoms with E-state index in [2.05, 4.69) is 24.0 Å². The summed E-state index contributed by atoms with van der Waals surface area (Å²) in [6.45, 7) is 6.04. The standard InChI is InChI=1S/C24H21N3O2S/c1-14-4-7-17(8-5-14)20-10-11-21(29-20)22-26-23(28)18(13-25)24(30)27(22)19-9-6-15(2)12-16(19)3/h4-12,22,30H,1-3H3,(H,26,28). The molecule has 1 aromatic heterocycles. The Bertz CT molecular complexity index is 1200. The number of hydrogen-bond acceptors (Lipinski definition) is 5. The number of aryl methyl sites for hydroxylation is 3. The van der Waals surface area contributed by atoms with Gasteiger partial charge in [-0.05, 0) is 44.5 Å². The normalized spacial score (nSPS) is 16.4. The summed E-state index contributed by atoms with van der Waals surface area (Å²) in [5, 5.41) is 12.7. The molecule has 1 unspecified atom stereocenters. The van der Waals surface area contributed by atoms with Crippen LogP contribution < -0.4 is 10.2 Å². The second kappa shape index (κ2) is 7.77. The van der Waals surface area contributed by atoms with Crippen molar-refractivity contribution >= 4 is 24.2 Å². The minimum atomic E-state index is -0.622. The fraction of sp³-hybridized carbons (Fsp3) is 0.167. The van der Waals surface area contributed by atoms with E-state index in [4.69, 9.17) is 4.42 Å². The molecular formula is C24H21N3O2S. The number of amides is 1. The molecule has 2 aromatic carbocycles. The molecule has 3 aromatic rings. The summed E-state index contributed by atoms with van der Waals surface area (Å²) in [6.07, 6.45) is -0.622. The zero-order valence-electron chi connectivity index (χ0n) is 16.9. The van der Waals surface area contributed by atoms with Crippen molar-refractivity contribution < 1.29 is 9.21 Å². The van der Waals surface area contributed by atoms with Gasteiger partial charge < -0.3 is 14.6 Å². The first-order chi connectivity index (χ1) is 14.4. The largest absolute Gasteiger partial charge is 0.457 e. The number of rotatable bonds is 3. The Morgan fingerprint density at radius 3 is 2.40 bits per heavy atom. The second-order valence-corrected chi connectivity index (χ2v) is 7.84. The van der Waals surface area contributed by atoms with Gasteiger partial charge in [0, 0.05) is 11.3 Å². The maximum atomic E-state index is 12.5. The number of nitrogens with one attached hydrogen (secondary N) is 1. The van der Waals surface area contributed by atoms with Gasteiger partial charge in [0.1, 0.15) is 23.2 Å². The lowest BCUT2D eigenvalue weighted by atomic mass is 10.1. The Kier molecular flexibility index (Phi) is 5.15. The van der Waals surface area contributed by atoms with E-state index >= 15 is 0 Å². The van der Waals surface area contributed by atoms with Gasteiger partial charge >= 0.3 is 0 Å². The highest BCUT2D eigenvalue weighted by molar-refractivity contribution is 7.84. The van der Waals surface area contributed by atoms with Crippen LogP contribution in [0, 0.1) is 32.1 Å². The highest BCUT2D eigenvalue weighted by atomic mass is 32.1. The Hall–Kier alpha value is -3.43. The lowest BCUT2D eigenvalue weighted by Gasteiger charge is -2.37. The first-order valence-corrected chi connectivity index (χ1v) is 10.0. The van der Waals surface area contributed by atoms with E-state index in [1.54, 1.807) is 0 Å². The number of carbonyl (C=O) groups excluding carboxylic acids is 1. The Morgan fingerprint density at radius 1 is 1.03 bits per heavy atom. The van der Waals surface area contributed by atoms with Gasteiger partial charge in [-0.25, -0.2) is 0 Å². The van der Waals surface area contributed by atoms with Crippen LogP contribution in [0.4, 0.5) is 5.69 Å².